The Morgan fingerprint density at radius 2 is 2.32 bits per heavy atom. The molecule has 1 aromatic carbocycles. The van der Waals surface area contributed by atoms with Crippen molar-refractivity contribution in [2.45, 2.75) is 12.5 Å². The lowest BCUT2D eigenvalue weighted by Crippen LogP contribution is -2.36. The molecule has 1 fully saturated rings. The van der Waals surface area contributed by atoms with E-state index in [2.05, 4.69) is 10.2 Å². The Labute approximate surface area is 109 Å². The van der Waals surface area contributed by atoms with Crippen LogP contribution in [0.2, 0.25) is 0 Å². The van der Waals surface area contributed by atoms with Crippen LogP contribution in [0.5, 0.6) is 0 Å². The van der Waals surface area contributed by atoms with Gasteiger partial charge in [-0.15, -0.1) is 0 Å². The SMILES string of the molecule is CN1CCC(NC(=O)c2cc([N+](=O)[O-])ccc2F)C1. The number of nitrogens with one attached hydrogen (secondary N) is 1. The van der Waals surface area contributed by atoms with Crippen molar-refractivity contribution < 1.29 is 14.1 Å². The van der Waals surface area contributed by atoms with Gasteiger partial charge in [-0.25, -0.2) is 4.39 Å². The molecule has 0 spiro atoms. The fourth-order valence-electron chi connectivity index (χ4n) is 2.12. The van der Waals surface area contributed by atoms with Crippen LogP contribution in [0.15, 0.2) is 18.2 Å². The Kier molecular flexibility index (Phi) is 3.75. The summed E-state index contributed by atoms with van der Waals surface area (Å²) in [5.41, 5.74) is -0.584. The van der Waals surface area contributed by atoms with Gasteiger partial charge in [0.1, 0.15) is 5.82 Å². The van der Waals surface area contributed by atoms with Crippen LogP contribution in [-0.2, 0) is 0 Å². The maximum Gasteiger partial charge on any atom is 0.270 e. The van der Waals surface area contributed by atoms with E-state index in [0.717, 1.165) is 31.2 Å². The lowest BCUT2D eigenvalue weighted by Gasteiger charge is -2.13. The van der Waals surface area contributed by atoms with Crippen LogP contribution in [0.3, 0.4) is 0 Å². The molecule has 0 saturated carbocycles. The molecule has 1 aromatic rings. The van der Waals surface area contributed by atoms with Gasteiger partial charge in [-0.2, -0.15) is 0 Å². The van der Waals surface area contributed by atoms with Gasteiger partial charge in [-0.05, 0) is 26.1 Å². The third-order valence-corrected chi connectivity index (χ3v) is 3.13. The van der Waals surface area contributed by atoms with Gasteiger partial charge in [0.15, 0.2) is 0 Å². The van der Waals surface area contributed by atoms with E-state index in [0.29, 0.717) is 6.54 Å². The minimum Gasteiger partial charge on any atom is -0.348 e. The number of benzene rings is 1. The summed E-state index contributed by atoms with van der Waals surface area (Å²) in [5.74, 6) is -1.36. The molecular formula is C12H14FN3O3. The second kappa shape index (κ2) is 5.31. The van der Waals surface area contributed by atoms with Crippen molar-refractivity contribution in [3.8, 4) is 0 Å². The van der Waals surface area contributed by atoms with Crippen molar-refractivity contribution in [1.82, 2.24) is 10.2 Å². The molecular weight excluding hydrogens is 253 g/mol. The Balaban J connectivity index is 2.14. The summed E-state index contributed by atoms with van der Waals surface area (Å²) in [5, 5.41) is 13.3. The first-order valence-electron chi connectivity index (χ1n) is 5.90. The summed E-state index contributed by atoms with van der Waals surface area (Å²) in [6.45, 7) is 1.56. The second-order valence-electron chi connectivity index (χ2n) is 4.64. The van der Waals surface area contributed by atoms with E-state index in [-0.39, 0.29) is 17.3 Å². The van der Waals surface area contributed by atoms with Crippen molar-refractivity contribution in [2.24, 2.45) is 0 Å². The van der Waals surface area contributed by atoms with Crippen LogP contribution in [-0.4, -0.2) is 41.9 Å². The number of non-ortho nitro benzene ring substituents is 1. The molecule has 1 atom stereocenters. The van der Waals surface area contributed by atoms with E-state index < -0.39 is 16.6 Å². The molecule has 0 bridgehead atoms. The van der Waals surface area contributed by atoms with Crippen LogP contribution >= 0.6 is 0 Å². The van der Waals surface area contributed by atoms with E-state index in [1.165, 1.54) is 0 Å². The largest absolute Gasteiger partial charge is 0.348 e. The first-order chi connectivity index (χ1) is 8.97. The summed E-state index contributed by atoms with van der Waals surface area (Å²) < 4.78 is 13.5. The highest BCUT2D eigenvalue weighted by atomic mass is 19.1. The van der Waals surface area contributed by atoms with E-state index in [4.69, 9.17) is 0 Å². The third-order valence-electron chi connectivity index (χ3n) is 3.13. The Hall–Kier alpha value is -2.02. The second-order valence-corrected chi connectivity index (χ2v) is 4.64. The van der Waals surface area contributed by atoms with Gasteiger partial charge >= 0.3 is 0 Å². The zero-order chi connectivity index (χ0) is 14.0. The number of likely N-dealkylation sites (tertiary alicyclic amines) is 1. The predicted octanol–water partition coefficient (Wildman–Crippen LogP) is 1.17. The van der Waals surface area contributed by atoms with Crippen molar-refractivity contribution in [3.05, 3.63) is 39.7 Å². The third kappa shape index (κ3) is 3.05. The van der Waals surface area contributed by atoms with Crippen LogP contribution < -0.4 is 5.32 Å². The minimum absolute atomic E-state index is 0.0452. The zero-order valence-corrected chi connectivity index (χ0v) is 10.4. The molecule has 1 aliphatic heterocycles. The highest BCUT2D eigenvalue weighted by molar-refractivity contribution is 5.95. The highest BCUT2D eigenvalue weighted by Gasteiger charge is 2.24. The molecule has 0 aromatic heterocycles. The first kappa shape index (κ1) is 13.4. The van der Waals surface area contributed by atoms with Gasteiger partial charge in [0, 0.05) is 24.7 Å². The van der Waals surface area contributed by atoms with Crippen LogP contribution in [0.25, 0.3) is 0 Å². The molecule has 2 rings (SSSR count). The normalized spacial score (nSPS) is 19.4. The highest BCUT2D eigenvalue weighted by Crippen LogP contribution is 2.17. The van der Waals surface area contributed by atoms with Crippen LogP contribution in [0, 0.1) is 15.9 Å². The number of carbonyl (C=O) groups excluding carboxylic acids is 1. The molecule has 19 heavy (non-hydrogen) atoms. The lowest BCUT2D eigenvalue weighted by atomic mass is 10.1. The molecule has 0 aliphatic carbocycles. The Bertz CT molecular complexity index is 521. The van der Waals surface area contributed by atoms with E-state index in [1.807, 2.05) is 7.05 Å². The summed E-state index contributed by atoms with van der Waals surface area (Å²) >= 11 is 0. The number of nitro groups is 1. The van der Waals surface area contributed by atoms with Gasteiger partial charge in [0.05, 0.1) is 10.5 Å². The molecule has 102 valence electrons. The standard InChI is InChI=1S/C12H14FN3O3/c1-15-5-4-8(7-15)14-12(17)10-6-9(16(18)19)2-3-11(10)13/h2-3,6,8H,4-5,7H2,1H3,(H,14,17). The molecule has 0 radical (unpaired) electrons. The number of carbonyl (C=O) groups is 1. The summed E-state index contributed by atoms with van der Waals surface area (Å²) in [4.78, 5) is 23.9. The van der Waals surface area contributed by atoms with Crippen molar-refractivity contribution in [2.75, 3.05) is 20.1 Å². The summed E-state index contributed by atoms with van der Waals surface area (Å²) in [6, 6.07) is 2.89. The molecule has 1 N–H and O–H groups in total. The lowest BCUT2D eigenvalue weighted by molar-refractivity contribution is -0.384. The van der Waals surface area contributed by atoms with E-state index >= 15 is 0 Å². The predicted molar refractivity (Wildman–Crippen MR) is 66.4 cm³/mol. The number of nitrogens with zero attached hydrogens (tertiary/aromatic N) is 2. The quantitative estimate of drug-likeness (QED) is 0.659. The zero-order valence-electron chi connectivity index (χ0n) is 10.4. The summed E-state index contributed by atoms with van der Waals surface area (Å²) in [7, 11) is 1.93. The average Bonchev–Trinajstić information content (AvgIpc) is 2.74. The van der Waals surface area contributed by atoms with Crippen molar-refractivity contribution in [1.29, 1.82) is 0 Å². The van der Waals surface area contributed by atoms with Gasteiger partial charge in [0.25, 0.3) is 11.6 Å². The van der Waals surface area contributed by atoms with Gasteiger partial charge < -0.3 is 10.2 Å². The van der Waals surface area contributed by atoms with Gasteiger partial charge in [0.2, 0.25) is 0 Å². The fraction of sp³-hybridized carbons (Fsp3) is 0.417. The summed E-state index contributed by atoms with van der Waals surface area (Å²) in [6.07, 6.45) is 0.790. The molecule has 1 heterocycles. The number of likely N-dealkylation sites (N-methyl/N-ethyl adjacent to an activating group) is 1. The fourth-order valence-corrected chi connectivity index (χ4v) is 2.12. The average molecular weight is 267 g/mol. The number of rotatable bonds is 3. The maximum absolute atomic E-state index is 13.5. The first-order valence-corrected chi connectivity index (χ1v) is 5.90. The number of hydrogen-bond donors (Lipinski definition) is 1. The smallest absolute Gasteiger partial charge is 0.270 e. The van der Waals surface area contributed by atoms with Gasteiger partial charge in [-0.1, -0.05) is 0 Å². The van der Waals surface area contributed by atoms with Crippen molar-refractivity contribution in [3.63, 3.8) is 0 Å². The van der Waals surface area contributed by atoms with E-state index in [9.17, 15) is 19.3 Å². The molecule has 1 aliphatic rings. The molecule has 7 heteroatoms. The maximum atomic E-state index is 13.5. The Morgan fingerprint density at radius 1 is 1.58 bits per heavy atom. The van der Waals surface area contributed by atoms with Gasteiger partial charge in [-0.3, -0.25) is 14.9 Å². The number of halogens is 1. The monoisotopic (exact) mass is 267 g/mol. The number of hydrogen-bond acceptors (Lipinski definition) is 4. The Morgan fingerprint density at radius 3 is 2.89 bits per heavy atom. The molecule has 1 unspecified atom stereocenters. The van der Waals surface area contributed by atoms with E-state index in [1.54, 1.807) is 0 Å². The number of amides is 1. The van der Waals surface area contributed by atoms with Crippen LogP contribution in [0.1, 0.15) is 16.8 Å². The minimum atomic E-state index is -0.755. The molecule has 6 nitrogen and oxygen atoms in total. The molecule has 1 amide bonds. The van der Waals surface area contributed by atoms with Crippen molar-refractivity contribution >= 4 is 11.6 Å². The van der Waals surface area contributed by atoms with Crippen LogP contribution in [0.4, 0.5) is 10.1 Å². The topological polar surface area (TPSA) is 75.5 Å². The number of nitro benzene ring substituents is 1. The molecule has 1 saturated heterocycles.